The van der Waals surface area contributed by atoms with E-state index in [2.05, 4.69) is 27.1 Å². The van der Waals surface area contributed by atoms with E-state index in [-0.39, 0.29) is 17.0 Å². The molecule has 6 heteroatoms. The normalized spacial score (nSPS) is 11.1. The van der Waals surface area contributed by atoms with Crippen molar-refractivity contribution in [1.29, 1.82) is 0 Å². The Bertz CT molecular complexity index is 1500. The molecule has 0 unspecified atom stereocenters. The highest BCUT2D eigenvalue weighted by atomic mass is 79.9. The molecule has 0 N–H and O–H groups in total. The molecule has 5 aromatic rings. The van der Waals surface area contributed by atoms with Crippen molar-refractivity contribution >= 4 is 49.2 Å². The zero-order chi connectivity index (χ0) is 22.2. The van der Waals surface area contributed by atoms with Crippen molar-refractivity contribution in [2.45, 2.75) is 0 Å². The van der Waals surface area contributed by atoms with Crippen LogP contribution in [0.25, 0.3) is 27.2 Å². The monoisotopic (exact) mass is 484 g/mol. The van der Waals surface area contributed by atoms with Gasteiger partial charge in [0.05, 0.1) is 19.0 Å². The number of ether oxygens (including phenoxy) is 1. The predicted octanol–water partition coefficient (Wildman–Crippen LogP) is 5.96. The van der Waals surface area contributed by atoms with Crippen LogP contribution in [0.1, 0.15) is 26.4 Å². The highest BCUT2D eigenvalue weighted by Gasteiger charge is 2.27. The maximum Gasteiger partial charge on any atom is 0.341 e. The lowest BCUT2D eigenvalue weighted by molar-refractivity contribution is 0.0597. The van der Waals surface area contributed by atoms with E-state index >= 15 is 0 Å². The van der Waals surface area contributed by atoms with E-state index in [9.17, 15) is 9.59 Å². The van der Waals surface area contributed by atoms with Gasteiger partial charge in [0.1, 0.15) is 11.3 Å². The van der Waals surface area contributed by atoms with Crippen LogP contribution < -0.4 is 0 Å². The highest BCUT2D eigenvalue weighted by molar-refractivity contribution is 9.10. The first-order valence-corrected chi connectivity index (χ1v) is 10.7. The molecule has 5 rings (SSSR count). The van der Waals surface area contributed by atoms with Crippen molar-refractivity contribution in [2.75, 3.05) is 7.11 Å². The number of halogens is 1. The first kappa shape index (κ1) is 20.2. The number of methoxy groups -OCH3 is 1. The number of esters is 1. The molecule has 0 saturated carbocycles. The second-order valence-corrected chi connectivity index (χ2v) is 8.26. The third kappa shape index (κ3) is 3.39. The van der Waals surface area contributed by atoms with Crippen LogP contribution in [-0.4, -0.2) is 28.6 Å². The maximum absolute atomic E-state index is 13.9. The van der Waals surface area contributed by atoms with Crippen LogP contribution in [0, 0.1) is 0 Å². The molecule has 0 atom stereocenters. The van der Waals surface area contributed by atoms with Gasteiger partial charge in [-0.05, 0) is 57.9 Å². The Kier molecular flexibility index (Phi) is 5.07. The number of aromatic nitrogens is 2. The summed E-state index contributed by atoms with van der Waals surface area (Å²) in [5.41, 5.74) is 1.45. The average molecular weight is 485 g/mol. The number of ketones is 1. The molecule has 0 radical (unpaired) electrons. The SMILES string of the molecule is COC(=O)c1cnn(-c2ccc(Br)cc2)c1C(=O)c1cccc2cc3ccccc3cc12. The highest BCUT2D eigenvalue weighted by Crippen LogP contribution is 2.29. The molecule has 0 aliphatic heterocycles. The molecule has 0 aliphatic carbocycles. The number of rotatable bonds is 4. The summed E-state index contributed by atoms with van der Waals surface area (Å²) in [5.74, 6) is -0.908. The molecule has 156 valence electrons. The molecule has 0 spiro atoms. The number of carbonyl (C=O) groups excluding carboxylic acids is 2. The molecule has 0 saturated heterocycles. The Morgan fingerprint density at radius 1 is 0.844 bits per heavy atom. The van der Waals surface area contributed by atoms with E-state index in [0.717, 1.165) is 26.0 Å². The topological polar surface area (TPSA) is 61.2 Å². The fraction of sp³-hybridized carbons (Fsp3) is 0.0385. The van der Waals surface area contributed by atoms with Crippen molar-refractivity contribution in [1.82, 2.24) is 9.78 Å². The summed E-state index contributed by atoms with van der Waals surface area (Å²) in [7, 11) is 1.29. The van der Waals surface area contributed by atoms with Gasteiger partial charge < -0.3 is 4.74 Å². The summed E-state index contributed by atoms with van der Waals surface area (Å²) in [5, 5.41) is 8.24. The minimum atomic E-state index is -0.609. The molecular formula is C26H17BrN2O3. The van der Waals surface area contributed by atoms with Gasteiger partial charge in [-0.3, -0.25) is 4.79 Å². The summed E-state index contributed by atoms with van der Waals surface area (Å²) in [6.07, 6.45) is 1.38. The Hall–Kier alpha value is -3.77. The number of fused-ring (bicyclic) bond motifs is 2. The van der Waals surface area contributed by atoms with E-state index in [4.69, 9.17) is 4.74 Å². The first-order valence-electron chi connectivity index (χ1n) is 9.95. The lowest BCUT2D eigenvalue weighted by atomic mass is 9.95. The van der Waals surface area contributed by atoms with Gasteiger partial charge in [-0.25, -0.2) is 9.48 Å². The number of carbonyl (C=O) groups is 2. The first-order chi connectivity index (χ1) is 15.6. The van der Waals surface area contributed by atoms with E-state index in [1.807, 2.05) is 66.7 Å². The standard InChI is InChI=1S/C26H17BrN2O3/c1-32-26(31)23-15-28-29(20-11-9-19(27)10-12-20)24(23)25(30)21-8-4-7-18-13-16-5-2-3-6-17(16)14-22(18)21/h2-15H,1H3. The lowest BCUT2D eigenvalue weighted by Crippen LogP contribution is -2.15. The van der Waals surface area contributed by atoms with Crippen LogP contribution in [0.5, 0.6) is 0 Å². The van der Waals surface area contributed by atoms with Crippen molar-refractivity contribution in [3.05, 3.63) is 106 Å². The van der Waals surface area contributed by atoms with E-state index in [1.54, 1.807) is 6.07 Å². The Morgan fingerprint density at radius 3 is 2.25 bits per heavy atom. The summed E-state index contributed by atoms with van der Waals surface area (Å²) in [6, 6.07) is 25.1. The summed E-state index contributed by atoms with van der Waals surface area (Å²) in [6.45, 7) is 0. The lowest BCUT2D eigenvalue weighted by Gasteiger charge is -2.11. The fourth-order valence-corrected chi connectivity index (χ4v) is 4.16. The third-order valence-corrected chi connectivity index (χ3v) is 5.98. The van der Waals surface area contributed by atoms with E-state index in [0.29, 0.717) is 11.3 Å². The summed E-state index contributed by atoms with van der Waals surface area (Å²) < 4.78 is 7.31. The van der Waals surface area contributed by atoms with Gasteiger partial charge in [0.25, 0.3) is 0 Å². The third-order valence-electron chi connectivity index (χ3n) is 5.45. The van der Waals surface area contributed by atoms with Gasteiger partial charge in [0.15, 0.2) is 0 Å². The van der Waals surface area contributed by atoms with Crippen LogP contribution in [0.4, 0.5) is 0 Å². The molecule has 0 fully saturated rings. The minimum Gasteiger partial charge on any atom is -0.465 e. The zero-order valence-electron chi connectivity index (χ0n) is 17.1. The molecule has 5 nitrogen and oxygen atoms in total. The number of hydrogen-bond acceptors (Lipinski definition) is 4. The smallest absolute Gasteiger partial charge is 0.341 e. The molecular weight excluding hydrogens is 468 g/mol. The molecule has 0 bridgehead atoms. The van der Waals surface area contributed by atoms with E-state index < -0.39 is 5.97 Å². The molecule has 0 aliphatic rings. The molecule has 1 heterocycles. The van der Waals surface area contributed by atoms with Crippen LogP contribution in [0.2, 0.25) is 0 Å². The van der Waals surface area contributed by atoms with Crippen molar-refractivity contribution < 1.29 is 14.3 Å². The number of hydrogen-bond donors (Lipinski definition) is 0. The minimum absolute atomic E-state index is 0.123. The van der Waals surface area contributed by atoms with Crippen LogP contribution >= 0.6 is 15.9 Å². The Labute approximate surface area is 192 Å². The average Bonchev–Trinajstić information content (AvgIpc) is 3.27. The summed E-state index contributed by atoms with van der Waals surface area (Å²) >= 11 is 3.42. The van der Waals surface area contributed by atoms with Gasteiger partial charge in [0, 0.05) is 10.0 Å². The second-order valence-electron chi connectivity index (χ2n) is 7.34. The maximum atomic E-state index is 13.9. The van der Waals surface area contributed by atoms with E-state index in [1.165, 1.54) is 18.0 Å². The number of benzene rings is 4. The van der Waals surface area contributed by atoms with Gasteiger partial charge >= 0.3 is 5.97 Å². The van der Waals surface area contributed by atoms with Crippen molar-refractivity contribution in [3.8, 4) is 5.69 Å². The van der Waals surface area contributed by atoms with Crippen LogP contribution in [-0.2, 0) is 4.74 Å². The zero-order valence-corrected chi connectivity index (χ0v) is 18.7. The Morgan fingerprint density at radius 2 is 1.53 bits per heavy atom. The largest absolute Gasteiger partial charge is 0.465 e. The Balaban J connectivity index is 1.74. The molecule has 32 heavy (non-hydrogen) atoms. The van der Waals surface area contributed by atoms with Gasteiger partial charge in [-0.2, -0.15) is 5.10 Å². The fourth-order valence-electron chi connectivity index (χ4n) is 3.90. The van der Waals surface area contributed by atoms with Gasteiger partial charge in [-0.15, -0.1) is 0 Å². The summed E-state index contributed by atoms with van der Waals surface area (Å²) in [4.78, 5) is 26.4. The number of nitrogens with zero attached hydrogens (tertiary/aromatic N) is 2. The quantitative estimate of drug-likeness (QED) is 0.179. The second kappa shape index (κ2) is 8.05. The van der Waals surface area contributed by atoms with Crippen molar-refractivity contribution in [2.24, 2.45) is 0 Å². The molecule has 1 aromatic heterocycles. The van der Waals surface area contributed by atoms with Gasteiger partial charge in [0.2, 0.25) is 5.78 Å². The molecule has 4 aromatic carbocycles. The predicted molar refractivity (Wildman–Crippen MR) is 127 cm³/mol. The van der Waals surface area contributed by atoms with Crippen molar-refractivity contribution in [3.63, 3.8) is 0 Å². The van der Waals surface area contributed by atoms with Crippen LogP contribution in [0.3, 0.4) is 0 Å². The van der Waals surface area contributed by atoms with Crippen LogP contribution in [0.15, 0.2) is 89.5 Å². The van der Waals surface area contributed by atoms with Gasteiger partial charge in [-0.1, -0.05) is 58.4 Å². The molecule has 0 amide bonds.